The van der Waals surface area contributed by atoms with Crippen LogP contribution in [0.4, 0.5) is 0 Å². The molecule has 1 saturated heterocycles. The highest BCUT2D eigenvalue weighted by atomic mass is 32.1. The summed E-state index contributed by atoms with van der Waals surface area (Å²) in [6, 6.07) is 2.13. The first kappa shape index (κ1) is 15.0. The third kappa shape index (κ3) is 3.65. The fourth-order valence-corrected chi connectivity index (χ4v) is 3.99. The predicted octanol–water partition coefficient (Wildman–Crippen LogP) is 2.78. The van der Waals surface area contributed by atoms with Gasteiger partial charge in [-0.3, -0.25) is 4.79 Å². The van der Waals surface area contributed by atoms with E-state index in [1.807, 2.05) is 11.9 Å². The minimum Gasteiger partial charge on any atom is -0.378 e. The van der Waals surface area contributed by atoms with Crippen LogP contribution >= 0.6 is 11.3 Å². The molecule has 1 fully saturated rings. The molecule has 0 aromatic carbocycles. The van der Waals surface area contributed by atoms with Crippen molar-refractivity contribution in [2.75, 3.05) is 26.8 Å². The van der Waals surface area contributed by atoms with E-state index in [1.165, 1.54) is 10.4 Å². The van der Waals surface area contributed by atoms with Crippen LogP contribution in [0.5, 0.6) is 0 Å². The maximum atomic E-state index is 12.2. The van der Waals surface area contributed by atoms with Gasteiger partial charge in [-0.15, -0.1) is 11.3 Å². The number of likely N-dealkylation sites (N-methyl/N-ethyl adjacent to an activating group) is 1. The van der Waals surface area contributed by atoms with Gasteiger partial charge < -0.3 is 14.4 Å². The zero-order chi connectivity index (χ0) is 14.7. The summed E-state index contributed by atoms with van der Waals surface area (Å²) >= 11 is 1.79. The van der Waals surface area contributed by atoms with Gasteiger partial charge >= 0.3 is 0 Å². The number of rotatable bonds is 5. The molecule has 0 aliphatic carbocycles. The Labute approximate surface area is 130 Å². The average molecular weight is 309 g/mol. The number of ether oxygens (including phenoxy) is 2. The maximum absolute atomic E-state index is 12.2. The van der Waals surface area contributed by atoms with Crippen molar-refractivity contribution in [3.05, 3.63) is 21.9 Å². The number of hydrogen-bond acceptors (Lipinski definition) is 4. The quantitative estimate of drug-likeness (QED) is 0.839. The Bertz CT molecular complexity index is 482. The number of nitrogens with zero attached hydrogens (tertiary/aromatic N) is 1. The number of carbonyl (C=O) groups excluding carboxylic acids is 1. The molecule has 2 atom stereocenters. The number of carbonyl (C=O) groups is 1. The molecule has 4 nitrogen and oxygen atoms in total. The van der Waals surface area contributed by atoms with E-state index < -0.39 is 0 Å². The minimum atomic E-state index is 0.0386. The third-order valence-corrected chi connectivity index (χ3v) is 5.34. The SMILES string of the molecule is CN(CC1OCCc2sccc21)C(=O)CCC1CCCO1. The highest BCUT2D eigenvalue weighted by Gasteiger charge is 2.25. The van der Waals surface area contributed by atoms with Gasteiger partial charge in [0.2, 0.25) is 5.91 Å². The molecule has 0 saturated carbocycles. The van der Waals surface area contributed by atoms with E-state index in [4.69, 9.17) is 9.47 Å². The molecule has 0 spiro atoms. The van der Waals surface area contributed by atoms with Gasteiger partial charge in [-0.25, -0.2) is 0 Å². The van der Waals surface area contributed by atoms with E-state index in [1.54, 1.807) is 11.3 Å². The van der Waals surface area contributed by atoms with E-state index in [0.717, 1.165) is 38.9 Å². The van der Waals surface area contributed by atoms with Crippen molar-refractivity contribution in [2.45, 2.75) is 44.3 Å². The Hall–Kier alpha value is -0.910. The van der Waals surface area contributed by atoms with Crippen LogP contribution in [0.25, 0.3) is 0 Å². The number of thiophene rings is 1. The van der Waals surface area contributed by atoms with Crippen LogP contribution in [0.2, 0.25) is 0 Å². The molecule has 116 valence electrons. The molecule has 21 heavy (non-hydrogen) atoms. The van der Waals surface area contributed by atoms with Crippen molar-refractivity contribution in [1.29, 1.82) is 0 Å². The van der Waals surface area contributed by atoms with Crippen molar-refractivity contribution in [3.8, 4) is 0 Å². The largest absolute Gasteiger partial charge is 0.378 e. The molecule has 3 heterocycles. The van der Waals surface area contributed by atoms with Crippen LogP contribution in [0.1, 0.15) is 42.2 Å². The summed E-state index contributed by atoms with van der Waals surface area (Å²) in [6.45, 7) is 2.26. The monoisotopic (exact) mass is 309 g/mol. The standard InChI is InChI=1S/C16H23NO3S/c1-17(16(18)5-4-12-3-2-8-19-12)11-14-13-7-10-21-15(13)6-9-20-14/h7,10,12,14H,2-6,8-9,11H2,1H3. The van der Waals surface area contributed by atoms with Crippen molar-refractivity contribution in [1.82, 2.24) is 4.90 Å². The van der Waals surface area contributed by atoms with Gasteiger partial charge in [-0.05, 0) is 36.3 Å². The lowest BCUT2D eigenvalue weighted by atomic mass is 10.1. The molecule has 2 aliphatic rings. The normalized spacial score (nSPS) is 24.8. The minimum absolute atomic E-state index is 0.0386. The molecular weight excluding hydrogens is 286 g/mol. The van der Waals surface area contributed by atoms with Gasteiger partial charge in [0.1, 0.15) is 6.10 Å². The predicted molar refractivity (Wildman–Crippen MR) is 82.6 cm³/mol. The summed E-state index contributed by atoms with van der Waals surface area (Å²) in [5, 5.41) is 2.12. The molecule has 0 radical (unpaired) electrons. The summed E-state index contributed by atoms with van der Waals surface area (Å²) in [5.41, 5.74) is 1.27. The topological polar surface area (TPSA) is 38.8 Å². The summed E-state index contributed by atoms with van der Waals surface area (Å²) in [4.78, 5) is 15.5. The van der Waals surface area contributed by atoms with E-state index in [0.29, 0.717) is 13.0 Å². The molecule has 0 N–H and O–H groups in total. The number of fused-ring (bicyclic) bond motifs is 1. The second kappa shape index (κ2) is 6.90. The summed E-state index contributed by atoms with van der Waals surface area (Å²) in [7, 11) is 1.88. The smallest absolute Gasteiger partial charge is 0.222 e. The Morgan fingerprint density at radius 1 is 1.43 bits per heavy atom. The molecule has 2 unspecified atom stereocenters. The van der Waals surface area contributed by atoms with Crippen LogP contribution in [-0.2, 0) is 20.7 Å². The van der Waals surface area contributed by atoms with Crippen LogP contribution in [-0.4, -0.2) is 43.7 Å². The summed E-state index contributed by atoms with van der Waals surface area (Å²) < 4.78 is 11.4. The molecule has 1 aromatic heterocycles. The zero-order valence-electron chi connectivity index (χ0n) is 12.5. The van der Waals surface area contributed by atoms with Crippen molar-refractivity contribution >= 4 is 17.2 Å². The molecule has 2 aliphatic heterocycles. The van der Waals surface area contributed by atoms with Gasteiger partial charge in [0, 0.05) is 31.4 Å². The average Bonchev–Trinajstić information content (AvgIpc) is 3.16. The van der Waals surface area contributed by atoms with Crippen LogP contribution < -0.4 is 0 Å². The van der Waals surface area contributed by atoms with Crippen LogP contribution in [0, 0.1) is 0 Å². The van der Waals surface area contributed by atoms with E-state index in [-0.39, 0.29) is 18.1 Å². The summed E-state index contributed by atoms with van der Waals surface area (Å²) in [5.74, 6) is 0.191. The van der Waals surface area contributed by atoms with E-state index >= 15 is 0 Å². The fourth-order valence-electron chi connectivity index (χ4n) is 3.07. The fraction of sp³-hybridized carbons (Fsp3) is 0.688. The maximum Gasteiger partial charge on any atom is 0.222 e. The third-order valence-electron chi connectivity index (χ3n) is 4.34. The number of amides is 1. The van der Waals surface area contributed by atoms with Crippen LogP contribution in [0.3, 0.4) is 0 Å². The Morgan fingerprint density at radius 2 is 2.33 bits per heavy atom. The molecule has 1 amide bonds. The Morgan fingerprint density at radius 3 is 3.14 bits per heavy atom. The lowest BCUT2D eigenvalue weighted by Crippen LogP contribution is -2.33. The van der Waals surface area contributed by atoms with Gasteiger partial charge in [0.15, 0.2) is 0 Å². The van der Waals surface area contributed by atoms with Gasteiger partial charge in [-0.2, -0.15) is 0 Å². The first-order chi connectivity index (χ1) is 10.2. The second-order valence-electron chi connectivity index (χ2n) is 5.86. The molecule has 3 rings (SSSR count). The molecular formula is C16H23NO3S. The van der Waals surface area contributed by atoms with Crippen molar-refractivity contribution in [2.24, 2.45) is 0 Å². The van der Waals surface area contributed by atoms with Gasteiger partial charge in [0.05, 0.1) is 19.3 Å². The molecule has 0 bridgehead atoms. The Balaban J connectivity index is 1.49. The first-order valence-electron chi connectivity index (χ1n) is 7.77. The first-order valence-corrected chi connectivity index (χ1v) is 8.65. The van der Waals surface area contributed by atoms with E-state index in [2.05, 4.69) is 11.4 Å². The highest BCUT2D eigenvalue weighted by Crippen LogP contribution is 2.31. The highest BCUT2D eigenvalue weighted by molar-refractivity contribution is 7.10. The molecule has 5 heteroatoms. The molecule has 1 aromatic rings. The van der Waals surface area contributed by atoms with Crippen LogP contribution in [0.15, 0.2) is 11.4 Å². The number of hydrogen-bond donors (Lipinski definition) is 0. The lowest BCUT2D eigenvalue weighted by molar-refractivity contribution is -0.132. The van der Waals surface area contributed by atoms with Gasteiger partial charge in [0.25, 0.3) is 0 Å². The van der Waals surface area contributed by atoms with Crippen molar-refractivity contribution in [3.63, 3.8) is 0 Å². The zero-order valence-corrected chi connectivity index (χ0v) is 13.4. The van der Waals surface area contributed by atoms with E-state index in [9.17, 15) is 4.79 Å². The Kier molecular flexibility index (Phi) is 4.93. The lowest BCUT2D eigenvalue weighted by Gasteiger charge is -2.28. The summed E-state index contributed by atoms with van der Waals surface area (Å²) in [6.07, 6.45) is 4.98. The van der Waals surface area contributed by atoms with Crippen molar-refractivity contribution < 1.29 is 14.3 Å². The van der Waals surface area contributed by atoms with Gasteiger partial charge in [-0.1, -0.05) is 0 Å². The second-order valence-corrected chi connectivity index (χ2v) is 6.86.